The van der Waals surface area contributed by atoms with Gasteiger partial charge in [0.05, 0.1) is 6.04 Å². The fraction of sp³-hybridized carbons (Fsp3) is 0.516. The van der Waals surface area contributed by atoms with Gasteiger partial charge in [-0.3, -0.25) is 9.59 Å². The predicted molar refractivity (Wildman–Crippen MR) is 155 cm³/mol. The monoisotopic (exact) mass is 560 g/mol. The molecule has 10 heteroatoms. The van der Waals surface area contributed by atoms with E-state index in [2.05, 4.69) is 20.4 Å². The van der Waals surface area contributed by atoms with Crippen molar-refractivity contribution in [3.63, 3.8) is 0 Å². The van der Waals surface area contributed by atoms with E-state index in [0.717, 1.165) is 55.7 Å². The topological polar surface area (TPSA) is 114 Å². The summed E-state index contributed by atoms with van der Waals surface area (Å²) in [5.74, 6) is 1.40. The molecule has 0 aliphatic carbocycles. The number of carbonyl (C=O) groups is 3. The fourth-order valence-corrected chi connectivity index (χ4v) is 6.02. The minimum atomic E-state index is -0.534. The van der Waals surface area contributed by atoms with Crippen LogP contribution in [-0.4, -0.2) is 63.4 Å². The number of aromatic nitrogens is 3. The lowest BCUT2D eigenvalue weighted by atomic mass is 9.91. The Morgan fingerprint density at radius 2 is 1.80 bits per heavy atom. The van der Waals surface area contributed by atoms with Gasteiger partial charge in [0.1, 0.15) is 24.1 Å². The van der Waals surface area contributed by atoms with E-state index in [1.54, 1.807) is 11.1 Å². The molecule has 3 aromatic rings. The number of rotatable bonds is 9. The number of nitrogens with one attached hydrogen (secondary N) is 1. The lowest BCUT2D eigenvalue weighted by molar-refractivity contribution is -0.141. The summed E-state index contributed by atoms with van der Waals surface area (Å²) >= 11 is 0. The highest BCUT2D eigenvalue weighted by molar-refractivity contribution is 5.91. The van der Waals surface area contributed by atoms with Crippen molar-refractivity contribution in [2.75, 3.05) is 24.5 Å². The van der Waals surface area contributed by atoms with Crippen molar-refractivity contribution < 1.29 is 18.9 Å². The van der Waals surface area contributed by atoms with Crippen LogP contribution in [0.5, 0.6) is 0 Å². The third-order valence-corrected chi connectivity index (χ3v) is 8.51. The summed E-state index contributed by atoms with van der Waals surface area (Å²) < 4.78 is 7.73. The average molecular weight is 561 g/mol. The Labute approximate surface area is 241 Å². The highest BCUT2D eigenvalue weighted by Crippen LogP contribution is 2.33. The largest absolute Gasteiger partial charge is 0.358 e. The number of anilines is 1. The molecule has 0 spiro atoms. The van der Waals surface area contributed by atoms with Crippen molar-refractivity contribution in [3.05, 3.63) is 59.9 Å². The molecule has 10 nitrogen and oxygen atoms in total. The predicted octanol–water partition coefficient (Wildman–Crippen LogP) is 4.19. The summed E-state index contributed by atoms with van der Waals surface area (Å²) in [7, 11) is 0. The molecule has 2 aromatic heterocycles. The fourth-order valence-electron chi connectivity index (χ4n) is 6.02. The van der Waals surface area contributed by atoms with Crippen molar-refractivity contribution in [1.82, 2.24) is 24.9 Å². The number of likely N-dealkylation sites (tertiary alicyclic amines) is 1. The van der Waals surface area contributed by atoms with Crippen LogP contribution in [0.3, 0.4) is 0 Å². The van der Waals surface area contributed by atoms with Gasteiger partial charge in [-0.25, -0.2) is 4.98 Å². The van der Waals surface area contributed by atoms with Gasteiger partial charge in [-0.05, 0) is 63.1 Å². The van der Waals surface area contributed by atoms with Crippen LogP contribution in [0.1, 0.15) is 75.6 Å². The molecule has 2 aliphatic rings. The number of benzene rings is 1. The van der Waals surface area contributed by atoms with Crippen molar-refractivity contribution in [3.8, 4) is 5.69 Å². The minimum absolute atomic E-state index is 0.0371. The maximum Gasteiger partial charge on any atom is 0.243 e. The lowest BCUT2D eigenvalue weighted by Gasteiger charge is -2.30. The van der Waals surface area contributed by atoms with Gasteiger partial charge in [-0.1, -0.05) is 31.1 Å². The lowest BCUT2D eigenvalue weighted by Crippen LogP contribution is -2.48. The van der Waals surface area contributed by atoms with E-state index in [0.29, 0.717) is 24.5 Å². The molecule has 2 saturated heterocycles. The summed E-state index contributed by atoms with van der Waals surface area (Å²) in [6.07, 6.45) is 7.69. The number of aldehydes is 1. The Balaban J connectivity index is 1.24. The van der Waals surface area contributed by atoms with Crippen molar-refractivity contribution in [1.29, 1.82) is 0 Å². The van der Waals surface area contributed by atoms with Gasteiger partial charge in [0.2, 0.25) is 11.8 Å². The average Bonchev–Trinajstić information content (AvgIpc) is 3.74. The van der Waals surface area contributed by atoms with Gasteiger partial charge >= 0.3 is 0 Å². The van der Waals surface area contributed by atoms with Crippen LogP contribution >= 0.6 is 0 Å². The molecule has 3 atom stereocenters. The Morgan fingerprint density at radius 3 is 2.44 bits per heavy atom. The smallest absolute Gasteiger partial charge is 0.243 e. The summed E-state index contributed by atoms with van der Waals surface area (Å²) in [6, 6.07) is 9.17. The molecule has 2 fully saturated rings. The van der Waals surface area contributed by atoms with E-state index in [9.17, 15) is 14.4 Å². The second kappa shape index (κ2) is 12.3. The summed E-state index contributed by atoms with van der Waals surface area (Å²) in [6.45, 7) is 9.89. The number of hydrogen-bond acceptors (Lipinski definition) is 7. The van der Waals surface area contributed by atoms with Crippen LogP contribution < -0.4 is 10.2 Å². The van der Waals surface area contributed by atoms with Gasteiger partial charge in [-0.15, -0.1) is 0 Å². The van der Waals surface area contributed by atoms with E-state index < -0.39 is 12.0 Å². The number of imidazole rings is 1. The Hall–Kier alpha value is -3.95. The number of amides is 2. The molecular weight excluding hydrogens is 520 g/mol. The maximum atomic E-state index is 13.9. The van der Waals surface area contributed by atoms with E-state index in [4.69, 9.17) is 4.52 Å². The number of hydrogen-bond donors (Lipinski definition) is 1. The molecule has 3 unspecified atom stereocenters. The summed E-state index contributed by atoms with van der Waals surface area (Å²) in [4.78, 5) is 46.6. The Morgan fingerprint density at radius 1 is 1.07 bits per heavy atom. The normalized spacial score (nSPS) is 19.4. The third kappa shape index (κ3) is 6.06. The first-order chi connectivity index (χ1) is 19.8. The number of carbonyl (C=O) groups excluding carboxylic acids is 3. The third-order valence-electron chi connectivity index (χ3n) is 8.51. The molecule has 2 aliphatic heterocycles. The highest BCUT2D eigenvalue weighted by Gasteiger charge is 2.40. The standard InChI is InChI=1S/C31H40N6O4/c1-20(2)29(27-18-28(34-41-27)35-15-11-23(19-38)12-16-35)31(40)37-14-5-6-26(37)30(39)33-21(3)24-7-9-25(10-8-24)36-17-13-32-22(36)4/h7-10,13,17-21,23,26,29H,5-6,11-12,14-16H2,1-4H3,(H,33,39). The first kappa shape index (κ1) is 28.6. The van der Waals surface area contributed by atoms with Crippen LogP contribution in [0.15, 0.2) is 47.2 Å². The van der Waals surface area contributed by atoms with E-state index in [-0.39, 0.29) is 29.7 Å². The van der Waals surface area contributed by atoms with Crippen LogP contribution in [0.25, 0.3) is 5.69 Å². The van der Waals surface area contributed by atoms with Crippen LogP contribution in [0.4, 0.5) is 5.82 Å². The molecule has 0 radical (unpaired) electrons. The second-order valence-electron chi connectivity index (χ2n) is 11.6. The highest BCUT2D eigenvalue weighted by atomic mass is 16.5. The Kier molecular flexibility index (Phi) is 8.56. The number of aryl methyl sites for hydroxylation is 1. The Bertz CT molecular complexity index is 1350. The first-order valence-corrected chi connectivity index (χ1v) is 14.6. The van der Waals surface area contributed by atoms with E-state index in [1.807, 2.05) is 68.8 Å². The molecule has 1 N–H and O–H groups in total. The van der Waals surface area contributed by atoms with Crippen LogP contribution in [0.2, 0.25) is 0 Å². The molecular formula is C31H40N6O4. The number of nitrogens with zero attached hydrogens (tertiary/aromatic N) is 5. The van der Waals surface area contributed by atoms with Crippen molar-refractivity contribution in [2.45, 2.75) is 71.4 Å². The molecule has 0 saturated carbocycles. The van der Waals surface area contributed by atoms with Gasteiger partial charge < -0.3 is 29.0 Å². The maximum absolute atomic E-state index is 13.9. The van der Waals surface area contributed by atoms with Crippen molar-refractivity contribution >= 4 is 23.9 Å². The quantitative estimate of drug-likeness (QED) is 0.391. The van der Waals surface area contributed by atoms with E-state index >= 15 is 0 Å². The minimum Gasteiger partial charge on any atom is -0.358 e. The second-order valence-corrected chi connectivity index (χ2v) is 11.6. The molecule has 5 rings (SSSR count). The molecule has 41 heavy (non-hydrogen) atoms. The molecule has 1 aromatic carbocycles. The van der Waals surface area contributed by atoms with Gasteiger partial charge in [0, 0.05) is 49.7 Å². The van der Waals surface area contributed by atoms with Crippen LogP contribution in [0, 0.1) is 18.8 Å². The zero-order valence-electron chi connectivity index (χ0n) is 24.3. The first-order valence-electron chi connectivity index (χ1n) is 14.6. The molecule has 0 bridgehead atoms. The summed E-state index contributed by atoms with van der Waals surface area (Å²) in [5.41, 5.74) is 2.00. The van der Waals surface area contributed by atoms with Crippen LogP contribution in [-0.2, 0) is 14.4 Å². The van der Waals surface area contributed by atoms with E-state index in [1.165, 1.54) is 0 Å². The molecule has 2 amide bonds. The zero-order valence-corrected chi connectivity index (χ0v) is 24.3. The SMILES string of the molecule is Cc1nccn1-c1ccc(C(C)NC(=O)C2CCCN2C(=O)C(c2cc(N3CCC(C=O)CC3)no2)C(C)C)cc1. The number of piperidine rings is 1. The van der Waals surface area contributed by atoms with Crippen molar-refractivity contribution in [2.24, 2.45) is 11.8 Å². The zero-order chi connectivity index (χ0) is 29.1. The summed E-state index contributed by atoms with van der Waals surface area (Å²) in [5, 5.41) is 7.40. The van der Waals surface area contributed by atoms with Gasteiger partial charge in [-0.2, -0.15) is 0 Å². The van der Waals surface area contributed by atoms with Gasteiger partial charge in [0.15, 0.2) is 11.6 Å². The molecule has 218 valence electrons. The molecule has 4 heterocycles. The van der Waals surface area contributed by atoms with Gasteiger partial charge in [0.25, 0.3) is 0 Å².